The number of halogens is 1. The van der Waals surface area contributed by atoms with E-state index in [1.165, 1.54) is 26.8 Å². The van der Waals surface area contributed by atoms with Crippen molar-refractivity contribution in [3.05, 3.63) is 182 Å². The Kier molecular flexibility index (Phi) is 7.05. The van der Waals surface area contributed by atoms with Crippen LogP contribution < -0.4 is 26.1 Å². The van der Waals surface area contributed by atoms with Crippen molar-refractivity contribution < 1.29 is 8.81 Å². The lowest BCUT2D eigenvalue weighted by Gasteiger charge is -2.34. The number of anilines is 2. The average molecular weight is 612 g/mol. The van der Waals surface area contributed by atoms with Crippen LogP contribution in [-0.2, 0) is 0 Å². The first-order valence-corrected chi connectivity index (χ1v) is 17.5. The molecule has 1 aromatic heterocycles. The molecule has 4 heteroatoms. The van der Waals surface area contributed by atoms with Gasteiger partial charge in [0.15, 0.2) is 13.7 Å². The number of rotatable bonds is 7. The van der Waals surface area contributed by atoms with Crippen molar-refractivity contribution in [2.75, 3.05) is 5.32 Å². The van der Waals surface area contributed by atoms with Crippen LogP contribution in [0.25, 0.3) is 33.1 Å². The topological polar surface area (TPSA) is 25.2 Å². The van der Waals surface area contributed by atoms with Crippen LogP contribution in [0, 0.1) is 5.82 Å². The summed E-state index contributed by atoms with van der Waals surface area (Å²) in [6.45, 7) is 0. The van der Waals surface area contributed by atoms with E-state index in [1.54, 1.807) is 12.1 Å². The van der Waals surface area contributed by atoms with Crippen LogP contribution in [0.4, 0.5) is 15.8 Å². The number of nitrogens with one attached hydrogen (secondary N) is 1. The van der Waals surface area contributed by atoms with E-state index in [2.05, 4.69) is 133 Å². The Morgan fingerprint density at radius 1 is 0.457 bits per heavy atom. The van der Waals surface area contributed by atoms with Gasteiger partial charge in [0.05, 0.1) is 5.69 Å². The largest absolute Gasteiger partial charge is 0.454 e. The number of hydrogen-bond acceptors (Lipinski definition) is 2. The molecule has 1 N–H and O–H groups in total. The molecule has 0 radical (unpaired) electrons. The van der Waals surface area contributed by atoms with Gasteiger partial charge in [0, 0.05) is 22.0 Å². The highest BCUT2D eigenvalue weighted by Gasteiger charge is 2.41. The lowest BCUT2D eigenvalue weighted by Crippen LogP contribution is -2.74. The summed E-state index contributed by atoms with van der Waals surface area (Å²) in [5.41, 5.74) is 4.97. The molecular formula is C42H30FNOSi. The predicted molar refractivity (Wildman–Crippen MR) is 192 cm³/mol. The minimum absolute atomic E-state index is 0.284. The molecule has 2 nitrogen and oxygen atoms in total. The van der Waals surface area contributed by atoms with E-state index < -0.39 is 8.07 Å². The Morgan fingerprint density at radius 2 is 1.00 bits per heavy atom. The predicted octanol–water partition coefficient (Wildman–Crippen LogP) is 8.51. The first kappa shape index (κ1) is 27.8. The summed E-state index contributed by atoms with van der Waals surface area (Å²) in [6, 6.07) is 60.3. The zero-order chi connectivity index (χ0) is 30.9. The Labute approximate surface area is 268 Å². The lowest BCUT2D eigenvalue weighted by atomic mass is 10.0. The molecule has 0 saturated carbocycles. The van der Waals surface area contributed by atoms with Gasteiger partial charge in [-0.05, 0) is 56.6 Å². The molecule has 0 aliphatic carbocycles. The zero-order valence-corrected chi connectivity index (χ0v) is 26.0. The minimum Gasteiger partial charge on any atom is -0.454 e. The number of fused-ring (bicyclic) bond motifs is 3. The number of benzene rings is 7. The maximum absolute atomic E-state index is 14.9. The molecule has 0 unspecified atom stereocenters. The van der Waals surface area contributed by atoms with Gasteiger partial charge < -0.3 is 9.73 Å². The van der Waals surface area contributed by atoms with Gasteiger partial charge in [0.2, 0.25) is 0 Å². The molecule has 0 saturated heterocycles. The van der Waals surface area contributed by atoms with E-state index in [4.69, 9.17) is 4.42 Å². The summed E-state index contributed by atoms with van der Waals surface area (Å²) in [5, 5.41) is 10.9. The zero-order valence-electron chi connectivity index (χ0n) is 25.0. The first-order valence-electron chi connectivity index (χ1n) is 15.5. The molecule has 0 aliphatic heterocycles. The van der Waals surface area contributed by atoms with Gasteiger partial charge in [-0.15, -0.1) is 0 Å². The van der Waals surface area contributed by atoms with Crippen LogP contribution in [0.15, 0.2) is 180 Å². The SMILES string of the molecule is Fc1ccc(Nc2cccc3c2oc2ccccc23)c(-c2ccc([Si](c3ccccc3)(c3ccccc3)c3ccccc3)cc2)c1. The highest BCUT2D eigenvalue weighted by molar-refractivity contribution is 7.19. The molecule has 0 bridgehead atoms. The summed E-state index contributed by atoms with van der Waals surface area (Å²) in [4.78, 5) is 0. The van der Waals surface area contributed by atoms with Gasteiger partial charge in [-0.1, -0.05) is 146 Å². The maximum atomic E-state index is 14.9. The van der Waals surface area contributed by atoms with Gasteiger partial charge in [-0.25, -0.2) is 4.39 Å². The standard InChI is InChI=1S/C42H30FNOSi/c43-31-25-28-39(44-40-21-12-20-37-36-19-10-11-22-41(36)45-42(37)40)38(29-31)30-23-26-35(27-24-30)46(32-13-4-1-5-14-32,33-15-6-2-7-16-33)34-17-8-3-9-18-34/h1-29,44H. The average Bonchev–Trinajstić information content (AvgIpc) is 3.51. The molecule has 0 amide bonds. The van der Waals surface area contributed by atoms with Crippen LogP contribution in [-0.4, -0.2) is 8.07 Å². The maximum Gasteiger partial charge on any atom is 0.179 e. The second-order valence-electron chi connectivity index (χ2n) is 11.5. The minimum atomic E-state index is -2.66. The van der Waals surface area contributed by atoms with Gasteiger partial charge in [0.1, 0.15) is 11.4 Å². The second kappa shape index (κ2) is 11.7. The molecular weight excluding hydrogens is 582 g/mol. The fourth-order valence-corrected chi connectivity index (χ4v) is 11.6. The van der Waals surface area contributed by atoms with E-state index in [-0.39, 0.29) is 5.82 Å². The Bertz CT molecular complexity index is 2180. The molecule has 220 valence electrons. The fourth-order valence-electron chi connectivity index (χ4n) is 6.82. The van der Waals surface area contributed by atoms with E-state index in [1.807, 2.05) is 30.3 Å². The van der Waals surface area contributed by atoms with Crippen molar-refractivity contribution in [2.24, 2.45) is 0 Å². The summed E-state index contributed by atoms with van der Waals surface area (Å²) < 4.78 is 21.1. The molecule has 1 heterocycles. The summed E-state index contributed by atoms with van der Waals surface area (Å²) >= 11 is 0. The normalized spacial score (nSPS) is 11.6. The molecule has 7 aromatic carbocycles. The summed E-state index contributed by atoms with van der Waals surface area (Å²) in [5.74, 6) is -0.284. The number of para-hydroxylation sites is 2. The molecule has 46 heavy (non-hydrogen) atoms. The highest BCUT2D eigenvalue weighted by Crippen LogP contribution is 2.37. The summed E-state index contributed by atoms with van der Waals surface area (Å²) in [6.07, 6.45) is 0. The van der Waals surface area contributed by atoms with Crippen molar-refractivity contribution in [3.8, 4) is 11.1 Å². The van der Waals surface area contributed by atoms with Crippen LogP contribution in [0.5, 0.6) is 0 Å². The molecule has 8 aromatic rings. The smallest absolute Gasteiger partial charge is 0.179 e. The van der Waals surface area contributed by atoms with Crippen LogP contribution >= 0.6 is 0 Å². The van der Waals surface area contributed by atoms with Crippen molar-refractivity contribution in [2.45, 2.75) is 0 Å². The van der Waals surface area contributed by atoms with Crippen molar-refractivity contribution in [1.29, 1.82) is 0 Å². The van der Waals surface area contributed by atoms with Crippen LogP contribution in [0.2, 0.25) is 0 Å². The Morgan fingerprint density at radius 3 is 1.63 bits per heavy atom. The van der Waals surface area contributed by atoms with E-state index >= 15 is 0 Å². The molecule has 0 aliphatic rings. The van der Waals surface area contributed by atoms with E-state index in [0.717, 1.165) is 44.4 Å². The van der Waals surface area contributed by atoms with Crippen molar-refractivity contribution in [3.63, 3.8) is 0 Å². The van der Waals surface area contributed by atoms with E-state index in [0.29, 0.717) is 0 Å². The number of furan rings is 1. The van der Waals surface area contributed by atoms with Gasteiger partial charge in [0.25, 0.3) is 0 Å². The second-order valence-corrected chi connectivity index (χ2v) is 15.3. The third-order valence-electron chi connectivity index (χ3n) is 8.90. The van der Waals surface area contributed by atoms with Gasteiger partial charge in [-0.2, -0.15) is 0 Å². The quantitative estimate of drug-likeness (QED) is 0.144. The Hall–Kier alpha value is -5.71. The fraction of sp³-hybridized carbons (Fsp3) is 0. The summed E-state index contributed by atoms with van der Waals surface area (Å²) in [7, 11) is -2.66. The third-order valence-corrected chi connectivity index (χ3v) is 13.7. The third kappa shape index (κ3) is 4.71. The van der Waals surface area contributed by atoms with Gasteiger partial charge in [-0.3, -0.25) is 0 Å². The number of hydrogen-bond donors (Lipinski definition) is 1. The highest BCUT2D eigenvalue weighted by atomic mass is 28.3. The molecule has 0 atom stereocenters. The van der Waals surface area contributed by atoms with Crippen LogP contribution in [0.3, 0.4) is 0 Å². The van der Waals surface area contributed by atoms with Crippen molar-refractivity contribution >= 4 is 62.1 Å². The van der Waals surface area contributed by atoms with Crippen LogP contribution in [0.1, 0.15) is 0 Å². The van der Waals surface area contributed by atoms with Gasteiger partial charge >= 0.3 is 0 Å². The molecule has 0 spiro atoms. The Balaban J connectivity index is 1.26. The first-order chi connectivity index (χ1) is 22.7. The molecule has 0 fully saturated rings. The van der Waals surface area contributed by atoms with Crippen molar-refractivity contribution in [1.82, 2.24) is 0 Å². The molecule has 8 rings (SSSR count). The monoisotopic (exact) mass is 611 g/mol. The lowest BCUT2D eigenvalue weighted by molar-refractivity contribution is 0.628. The van der Waals surface area contributed by atoms with E-state index in [9.17, 15) is 4.39 Å².